The van der Waals surface area contributed by atoms with Crippen LogP contribution in [0.5, 0.6) is 0 Å². The van der Waals surface area contributed by atoms with E-state index in [-0.39, 0.29) is 10.8 Å². The number of rotatable bonds is 7. The van der Waals surface area contributed by atoms with Crippen molar-refractivity contribution in [3.05, 3.63) is 121 Å². The summed E-state index contributed by atoms with van der Waals surface area (Å²) in [6.45, 7) is 0. The van der Waals surface area contributed by atoms with E-state index in [0.717, 1.165) is 0 Å². The van der Waals surface area contributed by atoms with Gasteiger partial charge in [-0.2, -0.15) is 0 Å². The molecule has 6 aromatic rings. The molecule has 41 heavy (non-hydrogen) atoms. The van der Waals surface area contributed by atoms with Crippen molar-refractivity contribution in [1.82, 2.24) is 18.9 Å². The number of hydrogen-bond acceptors (Lipinski definition) is 8. The third kappa shape index (κ3) is 5.34. The quantitative estimate of drug-likeness (QED) is 0.222. The van der Waals surface area contributed by atoms with Crippen LogP contribution in [-0.4, -0.2) is 33.2 Å². The highest BCUT2D eigenvalue weighted by Crippen LogP contribution is 2.27. The van der Waals surface area contributed by atoms with Crippen LogP contribution in [0.4, 0.5) is 22.9 Å². The van der Waals surface area contributed by atoms with Crippen LogP contribution in [0, 0.1) is 0 Å². The summed E-state index contributed by atoms with van der Waals surface area (Å²) in [4.78, 5) is 25.9. The molecule has 0 aliphatic heterocycles. The summed E-state index contributed by atoms with van der Waals surface area (Å²) >= 11 is 0. The van der Waals surface area contributed by atoms with E-state index in [1.54, 1.807) is 85.1 Å². The molecule has 0 saturated carbocycles. The number of carbonyl (C=O) groups is 1. The third-order valence-electron chi connectivity index (χ3n) is 6.32. The number of fused-ring (bicyclic) bond motifs is 1. The van der Waals surface area contributed by atoms with Gasteiger partial charge in [0.25, 0.3) is 15.9 Å². The molecule has 0 aliphatic rings. The first-order valence-corrected chi connectivity index (χ1v) is 13.9. The van der Waals surface area contributed by atoms with Crippen LogP contribution in [0.15, 0.2) is 121 Å². The van der Waals surface area contributed by atoms with Gasteiger partial charge in [-0.1, -0.05) is 24.3 Å². The van der Waals surface area contributed by atoms with Crippen LogP contribution in [0.1, 0.15) is 10.4 Å². The molecule has 0 bridgehead atoms. The van der Waals surface area contributed by atoms with Gasteiger partial charge < -0.3 is 16.4 Å². The zero-order valence-corrected chi connectivity index (χ0v) is 22.3. The largest absolute Gasteiger partial charge is 0.399 e. The number of benzene rings is 3. The lowest BCUT2D eigenvalue weighted by Crippen LogP contribution is -2.12. The normalized spacial score (nSPS) is 11.3. The molecule has 0 fully saturated rings. The predicted octanol–water partition coefficient (Wildman–Crippen LogP) is 5.31. The van der Waals surface area contributed by atoms with Gasteiger partial charge in [0.05, 0.1) is 10.6 Å². The highest BCUT2D eigenvalue weighted by Gasteiger charge is 2.19. The molecule has 3 aromatic carbocycles. The highest BCUT2D eigenvalue weighted by atomic mass is 32.2. The lowest BCUT2D eigenvalue weighted by atomic mass is 10.1. The molecule has 4 N–H and O–H groups in total. The van der Waals surface area contributed by atoms with Gasteiger partial charge >= 0.3 is 0 Å². The topological polar surface area (TPSA) is 145 Å². The van der Waals surface area contributed by atoms with Gasteiger partial charge in [0.15, 0.2) is 5.65 Å². The minimum Gasteiger partial charge on any atom is -0.399 e. The zero-order chi connectivity index (χ0) is 28.4. The summed E-state index contributed by atoms with van der Waals surface area (Å²) in [7, 11) is -3.78. The van der Waals surface area contributed by atoms with Crippen molar-refractivity contribution in [2.75, 3.05) is 16.4 Å². The number of aromatic nitrogens is 4. The maximum atomic E-state index is 13.1. The number of hydrogen-bond donors (Lipinski definition) is 3. The molecule has 0 unspecified atom stereocenters. The Labute approximate surface area is 235 Å². The van der Waals surface area contributed by atoms with Crippen molar-refractivity contribution in [3.8, 4) is 11.3 Å². The van der Waals surface area contributed by atoms with Crippen LogP contribution in [0.2, 0.25) is 0 Å². The van der Waals surface area contributed by atoms with Gasteiger partial charge in [-0.25, -0.2) is 27.3 Å². The Morgan fingerprint density at radius 2 is 1.59 bits per heavy atom. The van der Waals surface area contributed by atoms with Crippen LogP contribution in [-0.2, 0) is 10.0 Å². The minimum atomic E-state index is -3.78. The predicted molar refractivity (Wildman–Crippen MR) is 158 cm³/mol. The van der Waals surface area contributed by atoms with Crippen molar-refractivity contribution in [1.29, 1.82) is 0 Å². The summed E-state index contributed by atoms with van der Waals surface area (Å²) in [6, 6.07) is 27.5. The second-order valence-electron chi connectivity index (χ2n) is 9.14. The van der Waals surface area contributed by atoms with E-state index in [2.05, 4.69) is 25.6 Å². The molecule has 202 valence electrons. The number of nitrogens with two attached hydrogens (primary N) is 1. The third-order valence-corrected chi connectivity index (χ3v) is 8.00. The molecule has 0 saturated heterocycles. The van der Waals surface area contributed by atoms with Crippen molar-refractivity contribution in [2.24, 2.45) is 0 Å². The number of anilines is 4. The lowest BCUT2D eigenvalue weighted by molar-refractivity contribution is 0.102. The molecule has 3 heterocycles. The Morgan fingerprint density at radius 3 is 2.39 bits per heavy atom. The Hall–Kier alpha value is -5.55. The molecule has 0 radical (unpaired) electrons. The Bertz CT molecular complexity index is 1990. The first-order valence-electron chi connectivity index (χ1n) is 12.5. The standard InChI is InChI=1S/C30H23N7O3S/c31-23-11-9-20(10-12-23)30(38)36-25-6-4-5-24(16-25)35-28-17-27(33-19-34-28)22-15-21-13-14-37(29(21)32-18-22)41(39,40)26-7-2-1-3-8-26/h1-19H,31H2,(H,36,38)(H,33,34,35). The van der Waals surface area contributed by atoms with Gasteiger partial charge in [0, 0.05) is 52.0 Å². The number of nitrogens with zero attached hydrogens (tertiary/aromatic N) is 4. The van der Waals surface area contributed by atoms with Crippen molar-refractivity contribution in [2.45, 2.75) is 4.90 Å². The van der Waals surface area contributed by atoms with E-state index in [9.17, 15) is 13.2 Å². The zero-order valence-electron chi connectivity index (χ0n) is 21.5. The Morgan fingerprint density at radius 1 is 0.805 bits per heavy atom. The van der Waals surface area contributed by atoms with E-state index in [1.807, 2.05) is 18.2 Å². The van der Waals surface area contributed by atoms with Crippen molar-refractivity contribution in [3.63, 3.8) is 0 Å². The SMILES string of the molecule is Nc1ccc(C(=O)Nc2cccc(Nc3cc(-c4cnc5c(ccn5S(=O)(=O)c5ccccc5)c4)ncn3)c2)cc1. The van der Waals surface area contributed by atoms with E-state index in [0.29, 0.717) is 50.7 Å². The smallest absolute Gasteiger partial charge is 0.269 e. The molecule has 0 spiro atoms. The van der Waals surface area contributed by atoms with E-state index in [1.165, 1.54) is 16.5 Å². The summed E-state index contributed by atoms with van der Waals surface area (Å²) in [5.41, 5.74) is 9.72. The van der Waals surface area contributed by atoms with Crippen LogP contribution >= 0.6 is 0 Å². The fraction of sp³-hybridized carbons (Fsp3) is 0. The summed E-state index contributed by atoms with van der Waals surface area (Å²) < 4.78 is 27.4. The summed E-state index contributed by atoms with van der Waals surface area (Å²) in [6.07, 6.45) is 4.51. The number of pyridine rings is 1. The first-order chi connectivity index (χ1) is 19.9. The fourth-order valence-corrected chi connectivity index (χ4v) is 5.61. The number of amides is 1. The van der Waals surface area contributed by atoms with Crippen LogP contribution in [0.3, 0.4) is 0 Å². The van der Waals surface area contributed by atoms with Gasteiger partial charge in [-0.05, 0) is 66.7 Å². The number of nitrogen functional groups attached to an aromatic ring is 1. The fourth-order valence-electron chi connectivity index (χ4n) is 4.28. The van der Waals surface area contributed by atoms with Gasteiger partial charge in [0.2, 0.25) is 0 Å². The van der Waals surface area contributed by atoms with E-state index < -0.39 is 10.0 Å². The number of nitrogens with one attached hydrogen (secondary N) is 2. The molecule has 0 aliphatic carbocycles. The molecular weight excluding hydrogens is 538 g/mol. The number of carbonyl (C=O) groups excluding carboxylic acids is 1. The molecule has 10 nitrogen and oxygen atoms in total. The van der Waals surface area contributed by atoms with Gasteiger partial charge in [0.1, 0.15) is 12.1 Å². The Balaban J connectivity index is 1.22. The van der Waals surface area contributed by atoms with Gasteiger partial charge in [-0.15, -0.1) is 0 Å². The molecule has 3 aromatic heterocycles. The summed E-state index contributed by atoms with van der Waals surface area (Å²) in [5.74, 6) is 0.279. The molecule has 11 heteroatoms. The van der Waals surface area contributed by atoms with Crippen LogP contribution in [0.25, 0.3) is 22.3 Å². The lowest BCUT2D eigenvalue weighted by Gasteiger charge is -2.10. The monoisotopic (exact) mass is 561 g/mol. The average molecular weight is 562 g/mol. The second kappa shape index (κ2) is 10.5. The first kappa shape index (κ1) is 25.7. The molecule has 6 rings (SSSR count). The molecule has 0 atom stereocenters. The second-order valence-corrected chi connectivity index (χ2v) is 11.0. The highest BCUT2D eigenvalue weighted by molar-refractivity contribution is 7.90. The molecular formula is C30H23N7O3S. The molecule has 1 amide bonds. The summed E-state index contributed by atoms with van der Waals surface area (Å²) in [5, 5.41) is 6.76. The average Bonchev–Trinajstić information content (AvgIpc) is 3.43. The van der Waals surface area contributed by atoms with E-state index >= 15 is 0 Å². The van der Waals surface area contributed by atoms with Crippen molar-refractivity contribution >= 4 is 49.8 Å². The van der Waals surface area contributed by atoms with Crippen molar-refractivity contribution < 1.29 is 13.2 Å². The van der Waals surface area contributed by atoms with Gasteiger partial charge in [-0.3, -0.25) is 4.79 Å². The van der Waals surface area contributed by atoms with Crippen LogP contribution < -0.4 is 16.4 Å². The Kier molecular flexibility index (Phi) is 6.62. The van der Waals surface area contributed by atoms with E-state index in [4.69, 9.17) is 5.73 Å². The maximum Gasteiger partial charge on any atom is 0.269 e. The minimum absolute atomic E-state index is 0.184. The maximum absolute atomic E-state index is 13.1.